The monoisotopic (exact) mass is 568 g/mol. The van der Waals surface area contributed by atoms with Crippen molar-refractivity contribution in [2.24, 2.45) is 0 Å². The Labute approximate surface area is 247 Å². The van der Waals surface area contributed by atoms with Crippen molar-refractivity contribution < 1.29 is 19.4 Å². The van der Waals surface area contributed by atoms with E-state index in [0.717, 1.165) is 78.4 Å². The van der Waals surface area contributed by atoms with E-state index in [1.807, 2.05) is 17.5 Å². The van der Waals surface area contributed by atoms with E-state index < -0.39 is 5.97 Å². The minimum Gasteiger partial charge on any atom is -0.490 e. The molecule has 0 radical (unpaired) electrons. The molecule has 1 unspecified atom stereocenters. The summed E-state index contributed by atoms with van der Waals surface area (Å²) < 4.78 is 14.9. The lowest BCUT2D eigenvalue weighted by Crippen LogP contribution is -2.45. The number of aliphatic carboxylic acids is 1. The molecule has 2 aromatic carbocycles. The molecule has 2 aromatic heterocycles. The third-order valence-corrected chi connectivity index (χ3v) is 9.01. The molecule has 6 bridgehead atoms. The second kappa shape index (κ2) is 11.1. The van der Waals surface area contributed by atoms with Crippen LogP contribution < -0.4 is 9.64 Å². The number of nitrogens with zero attached hydrogens (tertiary/aromatic N) is 4. The molecule has 0 saturated carbocycles. The van der Waals surface area contributed by atoms with E-state index in [9.17, 15) is 9.90 Å². The van der Waals surface area contributed by atoms with Gasteiger partial charge in [-0.05, 0) is 89.1 Å². The van der Waals surface area contributed by atoms with Crippen molar-refractivity contribution in [2.75, 3.05) is 24.6 Å². The molecular weight excluding hydrogens is 528 g/mol. The zero-order valence-corrected chi connectivity index (χ0v) is 25.2. The predicted octanol–water partition coefficient (Wildman–Crippen LogP) is 6.55. The molecule has 220 valence electrons. The average Bonchev–Trinajstić information content (AvgIpc) is 3.37. The normalized spacial score (nSPS) is 21.0. The summed E-state index contributed by atoms with van der Waals surface area (Å²) >= 11 is 0. The van der Waals surface area contributed by atoms with Gasteiger partial charge in [0.15, 0.2) is 5.65 Å². The van der Waals surface area contributed by atoms with E-state index in [4.69, 9.17) is 19.6 Å². The van der Waals surface area contributed by atoms with Crippen LogP contribution in [0.4, 0.5) is 5.82 Å². The minimum absolute atomic E-state index is 0.0481. The van der Waals surface area contributed by atoms with Crippen LogP contribution >= 0.6 is 0 Å². The van der Waals surface area contributed by atoms with Gasteiger partial charge in [-0.2, -0.15) is 9.61 Å². The Morgan fingerprint density at radius 1 is 1.10 bits per heavy atom. The van der Waals surface area contributed by atoms with E-state index in [1.54, 1.807) is 0 Å². The van der Waals surface area contributed by atoms with Gasteiger partial charge in [0.05, 0.1) is 23.8 Å². The summed E-state index contributed by atoms with van der Waals surface area (Å²) in [7, 11) is 0. The number of ether oxygens (including phenoxy) is 2. The Morgan fingerprint density at radius 3 is 2.62 bits per heavy atom. The number of benzene rings is 2. The summed E-state index contributed by atoms with van der Waals surface area (Å²) in [6.45, 7) is 12.7. The van der Waals surface area contributed by atoms with Crippen LogP contribution in [-0.4, -0.2) is 57.1 Å². The highest BCUT2D eigenvalue weighted by molar-refractivity contribution is 5.80. The molecular formula is C34H40N4O4. The zero-order valence-electron chi connectivity index (χ0n) is 25.2. The molecule has 8 heteroatoms. The molecule has 1 fully saturated rings. The van der Waals surface area contributed by atoms with E-state index in [2.05, 4.69) is 69.0 Å². The zero-order chi connectivity index (χ0) is 29.6. The molecule has 1 N–H and O–H groups in total. The second-order valence-electron chi connectivity index (χ2n) is 12.2. The number of rotatable bonds is 2. The fourth-order valence-corrected chi connectivity index (χ4v) is 6.34. The molecule has 3 aliphatic rings. The maximum Gasteiger partial charge on any atom is 0.308 e. The van der Waals surface area contributed by atoms with Crippen molar-refractivity contribution in [1.82, 2.24) is 14.6 Å². The van der Waals surface area contributed by atoms with Crippen LogP contribution in [0.25, 0.3) is 28.0 Å². The molecule has 1 atom stereocenters. The molecule has 4 aromatic rings. The van der Waals surface area contributed by atoms with Gasteiger partial charge >= 0.3 is 5.97 Å². The van der Waals surface area contributed by atoms with Crippen LogP contribution in [0.3, 0.4) is 0 Å². The molecule has 8 nitrogen and oxygen atoms in total. The Kier molecular flexibility index (Phi) is 7.43. The third kappa shape index (κ3) is 5.36. The third-order valence-electron chi connectivity index (χ3n) is 9.01. The van der Waals surface area contributed by atoms with Crippen molar-refractivity contribution in [1.29, 1.82) is 0 Å². The molecule has 1 saturated heterocycles. The van der Waals surface area contributed by atoms with Gasteiger partial charge in [-0.15, -0.1) is 0 Å². The van der Waals surface area contributed by atoms with Gasteiger partial charge in [-0.3, -0.25) is 4.79 Å². The van der Waals surface area contributed by atoms with Gasteiger partial charge in [0.1, 0.15) is 11.6 Å². The number of carboxylic acids is 1. The lowest BCUT2D eigenvalue weighted by molar-refractivity contribution is -0.136. The summed E-state index contributed by atoms with van der Waals surface area (Å²) in [5.41, 5.74) is 8.24. The molecule has 3 aliphatic heterocycles. The predicted molar refractivity (Wildman–Crippen MR) is 165 cm³/mol. The Hall–Kier alpha value is -3.91. The first-order chi connectivity index (χ1) is 20.1. The molecule has 0 spiro atoms. The summed E-state index contributed by atoms with van der Waals surface area (Å²) in [6.07, 6.45) is 3.45. The highest BCUT2D eigenvalue weighted by Crippen LogP contribution is 2.39. The van der Waals surface area contributed by atoms with Crippen LogP contribution in [0.1, 0.15) is 61.9 Å². The van der Waals surface area contributed by atoms with Crippen LogP contribution in [0.15, 0.2) is 42.5 Å². The first-order valence-corrected chi connectivity index (χ1v) is 15.0. The van der Waals surface area contributed by atoms with E-state index in [1.165, 1.54) is 11.1 Å². The summed E-state index contributed by atoms with van der Waals surface area (Å²) in [4.78, 5) is 19.0. The quantitative estimate of drug-likeness (QED) is 0.293. The SMILES string of the molecule is Cc1ccc2c(c1C)-c1cccc(c1)-c1cc3nc(C)c(CC(=O)O)c(n3n1)N1CCC(C)(CC1)OCCCC(C)O2. The highest BCUT2D eigenvalue weighted by atomic mass is 16.5. The molecule has 0 amide bonds. The number of carboxylic acid groups (broad SMARTS) is 1. The fraction of sp³-hybridized carbons (Fsp3) is 0.441. The molecule has 42 heavy (non-hydrogen) atoms. The van der Waals surface area contributed by atoms with Gasteiger partial charge in [0.2, 0.25) is 0 Å². The van der Waals surface area contributed by atoms with E-state index >= 15 is 0 Å². The number of hydrogen-bond donors (Lipinski definition) is 1. The fourth-order valence-electron chi connectivity index (χ4n) is 6.34. The van der Waals surface area contributed by atoms with Gasteiger partial charge in [0, 0.05) is 48.1 Å². The van der Waals surface area contributed by atoms with Crippen LogP contribution in [0.5, 0.6) is 5.75 Å². The van der Waals surface area contributed by atoms with Crippen molar-refractivity contribution >= 4 is 17.4 Å². The molecule has 0 aliphatic carbocycles. The lowest BCUT2D eigenvalue weighted by Gasteiger charge is -2.41. The van der Waals surface area contributed by atoms with Crippen molar-refractivity contribution in [2.45, 2.75) is 78.4 Å². The average molecular weight is 569 g/mol. The van der Waals surface area contributed by atoms with Crippen molar-refractivity contribution in [3.8, 4) is 28.1 Å². The standard InChI is InChI=1S/C34H40N4O4/c1-21-11-12-29-32(23(21)3)26-10-6-9-25(18-26)28-20-30-35-24(4)27(19-31(39)40)33(38(30)36-28)37-15-13-34(5,14-16-37)41-17-7-8-22(2)42-29/h6,9-12,18,20,22H,7-8,13-17,19H2,1-5H3,(H,39,40). The number of hydrogen-bond acceptors (Lipinski definition) is 6. The number of carbonyl (C=O) groups is 1. The number of piperidine rings is 1. The number of fused-ring (bicyclic) bond motifs is 7. The smallest absolute Gasteiger partial charge is 0.308 e. The highest BCUT2D eigenvalue weighted by Gasteiger charge is 2.33. The Morgan fingerprint density at radius 2 is 1.86 bits per heavy atom. The van der Waals surface area contributed by atoms with Gasteiger partial charge in [-0.1, -0.05) is 24.3 Å². The van der Waals surface area contributed by atoms with Crippen molar-refractivity contribution in [3.63, 3.8) is 0 Å². The maximum absolute atomic E-state index is 11.9. The number of aromatic nitrogens is 3. The number of aryl methyl sites for hydroxylation is 2. The summed E-state index contributed by atoms with van der Waals surface area (Å²) in [6, 6.07) is 14.6. The summed E-state index contributed by atoms with van der Waals surface area (Å²) in [5, 5.41) is 14.8. The van der Waals surface area contributed by atoms with E-state index in [-0.39, 0.29) is 18.1 Å². The first-order valence-electron chi connectivity index (χ1n) is 15.0. The maximum atomic E-state index is 11.9. The van der Waals surface area contributed by atoms with Crippen molar-refractivity contribution in [3.05, 3.63) is 64.8 Å². The van der Waals surface area contributed by atoms with Gasteiger partial charge in [-0.25, -0.2) is 4.98 Å². The first kappa shape index (κ1) is 28.2. The van der Waals surface area contributed by atoms with Crippen LogP contribution in [0, 0.1) is 20.8 Å². The summed E-state index contributed by atoms with van der Waals surface area (Å²) in [5.74, 6) is 0.825. The van der Waals surface area contributed by atoms with Gasteiger partial charge < -0.3 is 19.5 Å². The van der Waals surface area contributed by atoms with Gasteiger partial charge in [0.25, 0.3) is 0 Å². The lowest BCUT2D eigenvalue weighted by atomic mass is 9.92. The second-order valence-corrected chi connectivity index (χ2v) is 12.2. The minimum atomic E-state index is -0.878. The number of anilines is 1. The molecule has 5 heterocycles. The largest absolute Gasteiger partial charge is 0.490 e. The van der Waals surface area contributed by atoms with E-state index in [0.29, 0.717) is 17.8 Å². The van der Waals surface area contributed by atoms with Crippen LogP contribution in [0.2, 0.25) is 0 Å². The Bertz CT molecular complexity index is 1650. The molecule has 7 rings (SSSR count). The Balaban J connectivity index is 1.54. The topological polar surface area (TPSA) is 89.2 Å². The van der Waals surface area contributed by atoms with Crippen LogP contribution in [-0.2, 0) is 16.0 Å².